The topological polar surface area (TPSA) is 75.3 Å². The molecule has 0 unspecified atom stereocenters. The highest BCUT2D eigenvalue weighted by molar-refractivity contribution is 7.98. The van der Waals surface area contributed by atoms with Gasteiger partial charge >= 0.3 is 0 Å². The maximum Gasteiger partial charge on any atom is 0.261 e. The molecular weight excluding hydrogens is 416 g/mol. The quantitative estimate of drug-likeness (QED) is 0.482. The van der Waals surface area contributed by atoms with E-state index in [1.165, 1.54) is 29.3 Å². The average molecular weight is 441 g/mol. The summed E-state index contributed by atoms with van der Waals surface area (Å²) in [6, 6.07) is 23.0. The zero-order chi connectivity index (χ0) is 21.4. The standard InChI is InChI=1S/C23H24N2O3S2/c1-18-10-12-19(13-11-18)17-29-15-14-24-23(26)20-6-5-7-21(16-20)25-30(27,28)22-8-3-2-4-9-22/h2-13,16,25H,14-15,17H2,1H3,(H,24,26). The monoisotopic (exact) mass is 440 g/mol. The number of carbonyl (C=O) groups is 1. The first-order chi connectivity index (χ1) is 14.4. The molecule has 1 amide bonds. The summed E-state index contributed by atoms with van der Waals surface area (Å²) in [5.74, 6) is 1.46. The van der Waals surface area contributed by atoms with E-state index in [0.717, 1.165) is 11.5 Å². The van der Waals surface area contributed by atoms with E-state index in [1.54, 1.807) is 48.2 Å². The van der Waals surface area contributed by atoms with Crippen molar-refractivity contribution in [1.82, 2.24) is 5.32 Å². The number of aryl methyl sites for hydroxylation is 1. The number of hydrogen-bond donors (Lipinski definition) is 2. The zero-order valence-electron chi connectivity index (χ0n) is 16.7. The molecule has 0 atom stereocenters. The van der Waals surface area contributed by atoms with Crippen LogP contribution in [0.3, 0.4) is 0 Å². The summed E-state index contributed by atoms with van der Waals surface area (Å²) in [6.45, 7) is 2.60. The summed E-state index contributed by atoms with van der Waals surface area (Å²) in [4.78, 5) is 12.6. The Morgan fingerprint density at radius 2 is 1.67 bits per heavy atom. The van der Waals surface area contributed by atoms with Gasteiger partial charge in [0, 0.05) is 29.3 Å². The molecule has 0 aromatic heterocycles. The van der Waals surface area contributed by atoms with Gasteiger partial charge in [-0.05, 0) is 42.8 Å². The fourth-order valence-electron chi connectivity index (χ4n) is 2.75. The summed E-state index contributed by atoms with van der Waals surface area (Å²) < 4.78 is 27.4. The van der Waals surface area contributed by atoms with Gasteiger partial charge in [0.05, 0.1) is 4.90 Å². The van der Waals surface area contributed by atoms with E-state index in [9.17, 15) is 13.2 Å². The minimum absolute atomic E-state index is 0.172. The fourth-order valence-corrected chi connectivity index (χ4v) is 4.64. The van der Waals surface area contributed by atoms with Crippen molar-refractivity contribution in [1.29, 1.82) is 0 Å². The molecule has 0 aliphatic heterocycles. The molecule has 0 bridgehead atoms. The van der Waals surface area contributed by atoms with Crippen LogP contribution in [-0.4, -0.2) is 26.6 Å². The van der Waals surface area contributed by atoms with Crippen molar-refractivity contribution < 1.29 is 13.2 Å². The molecule has 156 valence electrons. The van der Waals surface area contributed by atoms with Crippen molar-refractivity contribution in [2.45, 2.75) is 17.6 Å². The van der Waals surface area contributed by atoms with Crippen LogP contribution in [0.5, 0.6) is 0 Å². The number of rotatable bonds is 9. The van der Waals surface area contributed by atoms with Crippen LogP contribution in [0.4, 0.5) is 5.69 Å². The molecule has 0 fully saturated rings. The molecule has 0 radical (unpaired) electrons. The number of nitrogens with one attached hydrogen (secondary N) is 2. The van der Waals surface area contributed by atoms with Crippen molar-refractivity contribution in [3.8, 4) is 0 Å². The predicted octanol–water partition coefficient (Wildman–Crippen LogP) is 4.46. The molecule has 5 nitrogen and oxygen atoms in total. The van der Waals surface area contributed by atoms with Crippen molar-refractivity contribution in [2.75, 3.05) is 17.0 Å². The van der Waals surface area contributed by atoms with E-state index in [4.69, 9.17) is 0 Å². The summed E-state index contributed by atoms with van der Waals surface area (Å²) in [5, 5.41) is 2.88. The van der Waals surface area contributed by atoms with E-state index in [1.807, 2.05) is 0 Å². The molecule has 3 aromatic carbocycles. The maximum absolute atomic E-state index is 12.4. The van der Waals surface area contributed by atoms with E-state index in [2.05, 4.69) is 41.2 Å². The first-order valence-corrected chi connectivity index (χ1v) is 12.2. The van der Waals surface area contributed by atoms with Gasteiger partial charge in [-0.2, -0.15) is 11.8 Å². The van der Waals surface area contributed by atoms with Crippen molar-refractivity contribution in [3.63, 3.8) is 0 Å². The zero-order valence-corrected chi connectivity index (χ0v) is 18.3. The Balaban J connectivity index is 1.50. The first kappa shape index (κ1) is 21.9. The van der Waals surface area contributed by atoms with Crippen molar-refractivity contribution >= 4 is 33.4 Å². The second-order valence-electron chi connectivity index (χ2n) is 6.79. The molecule has 0 saturated heterocycles. The second kappa shape index (κ2) is 10.3. The molecule has 3 aromatic rings. The van der Waals surface area contributed by atoms with Gasteiger partial charge in [0.25, 0.3) is 15.9 Å². The minimum atomic E-state index is -3.69. The molecule has 2 N–H and O–H groups in total. The molecule has 7 heteroatoms. The summed E-state index contributed by atoms with van der Waals surface area (Å²) in [5.41, 5.74) is 3.26. The number of amides is 1. The highest BCUT2D eigenvalue weighted by Crippen LogP contribution is 2.17. The largest absolute Gasteiger partial charge is 0.351 e. The van der Waals surface area contributed by atoms with E-state index < -0.39 is 10.0 Å². The van der Waals surface area contributed by atoms with E-state index >= 15 is 0 Å². The van der Waals surface area contributed by atoms with Gasteiger partial charge in [-0.15, -0.1) is 0 Å². The van der Waals surface area contributed by atoms with Crippen molar-refractivity contribution in [3.05, 3.63) is 95.6 Å². The normalized spacial score (nSPS) is 11.1. The SMILES string of the molecule is Cc1ccc(CSCCNC(=O)c2cccc(NS(=O)(=O)c3ccccc3)c2)cc1. The third-order valence-electron chi connectivity index (χ3n) is 4.35. The number of hydrogen-bond acceptors (Lipinski definition) is 4. The van der Waals surface area contributed by atoms with Gasteiger partial charge in [-0.1, -0.05) is 54.1 Å². The Morgan fingerprint density at radius 3 is 2.40 bits per heavy atom. The third-order valence-corrected chi connectivity index (χ3v) is 6.78. The lowest BCUT2D eigenvalue weighted by Gasteiger charge is -2.10. The number of benzene rings is 3. The van der Waals surface area contributed by atoms with Crippen LogP contribution < -0.4 is 10.0 Å². The van der Waals surface area contributed by atoms with Crippen LogP contribution in [0.25, 0.3) is 0 Å². The molecular formula is C23H24N2O3S2. The van der Waals surface area contributed by atoms with Gasteiger partial charge in [0.15, 0.2) is 0 Å². The highest BCUT2D eigenvalue weighted by Gasteiger charge is 2.14. The number of anilines is 1. The van der Waals surface area contributed by atoms with Crippen LogP contribution in [0.15, 0.2) is 83.8 Å². The van der Waals surface area contributed by atoms with Gasteiger partial charge in [-0.3, -0.25) is 9.52 Å². The van der Waals surface area contributed by atoms with Gasteiger partial charge in [0.2, 0.25) is 0 Å². The lowest BCUT2D eigenvalue weighted by atomic mass is 10.2. The molecule has 0 heterocycles. The van der Waals surface area contributed by atoms with E-state index in [0.29, 0.717) is 17.8 Å². The average Bonchev–Trinajstić information content (AvgIpc) is 2.75. The van der Waals surface area contributed by atoms with Crippen molar-refractivity contribution in [2.24, 2.45) is 0 Å². The third kappa shape index (κ3) is 6.37. The van der Waals surface area contributed by atoms with Crippen LogP contribution in [0.1, 0.15) is 21.5 Å². The Bertz CT molecular complexity index is 1080. The first-order valence-electron chi connectivity index (χ1n) is 9.53. The molecule has 0 spiro atoms. The molecule has 3 rings (SSSR count). The summed E-state index contributed by atoms with van der Waals surface area (Å²) in [7, 11) is -3.69. The van der Waals surface area contributed by atoms with Gasteiger partial charge in [-0.25, -0.2) is 8.42 Å². The fraction of sp³-hybridized carbons (Fsp3) is 0.174. The number of thioether (sulfide) groups is 1. The molecule has 0 aliphatic carbocycles. The predicted molar refractivity (Wildman–Crippen MR) is 123 cm³/mol. The van der Waals surface area contributed by atoms with Gasteiger partial charge in [0.1, 0.15) is 0 Å². The van der Waals surface area contributed by atoms with Gasteiger partial charge < -0.3 is 5.32 Å². The Hall–Kier alpha value is -2.77. The number of carbonyl (C=O) groups excluding carboxylic acids is 1. The molecule has 0 saturated carbocycles. The highest BCUT2D eigenvalue weighted by atomic mass is 32.2. The lowest BCUT2D eigenvalue weighted by Crippen LogP contribution is -2.26. The van der Waals surface area contributed by atoms with Crippen LogP contribution in [0.2, 0.25) is 0 Å². The molecule has 30 heavy (non-hydrogen) atoms. The molecule has 0 aliphatic rings. The Kier molecular flexibility index (Phi) is 7.54. The van der Waals surface area contributed by atoms with Crippen LogP contribution in [-0.2, 0) is 15.8 Å². The lowest BCUT2D eigenvalue weighted by molar-refractivity contribution is 0.0956. The summed E-state index contributed by atoms with van der Waals surface area (Å²) >= 11 is 1.75. The Morgan fingerprint density at radius 1 is 0.933 bits per heavy atom. The summed E-state index contributed by atoms with van der Waals surface area (Å²) in [6.07, 6.45) is 0. The Labute approximate surface area is 182 Å². The maximum atomic E-state index is 12.4. The second-order valence-corrected chi connectivity index (χ2v) is 9.58. The minimum Gasteiger partial charge on any atom is -0.351 e. The smallest absolute Gasteiger partial charge is 0.261 e. The van der Waals surface area contributed by atoms with Crippen LogP contribution in [0, 0.1) is 6.92 Å². The van der Waals surface area contributed by atoms with E-state index in [-0.39, 0.29) is 10.8 Å². The number of sulfonamides is 1. The van der Waals surface area contributed by atoms with Crippen LogP contribution >= 0.6 is 11.8 Å².